The molecule has 0 fully saturated rings. The van der Waals surface area contributed by atoms with Gasteiger partial charge in [-0.15, -0.1) is 0 Å². The highest BCUT2D eigenvalue weighted by atomic mass is 14.8. The molecule has 0 atom stereocenters. The molecule has 0 aliphatic rings. The van der Waals surface area contributed by atoms with Crippen LogP contribution in [0, 0.1) is 0 Å². The van der Waals surface area contributed by atoms with Crippen LogP contribution in [0.1, 0.15) is 0 Å². The Morgan fingerprint density at radius 1 is 0.933 bits per heavy atom. The number of rotatable bonds is 0. The molecule has 0 radical (unpaired) electrons. The lowest BCUT2D eigenvalue weighted by Gasteiger charge is -1.97. The topological polar surface area (TPSA) is 30.1 Å². The summed E-state index contributed by atoms with van der Waals surface area (Å²) in [6.45, 7) is 0. The van der Waals surface area contributed by atoms with Crippen molar-refractivity contribution in [2.45, 2.75) is 0 Å². The van der Waals surface area contributed by atoms with E-state index in [1.165, 1.54) is 16.3 Å². The molecule has 2 heterocycles. The van der Waals surface area contributed by atoms with Gasteiger partial charge in [-0.05, 0) is 23.6 Å². The van der Waals surface area contributed by atoms with Crippen LogP contribution in [0.3, 0.4) is 0 Å². The second-order valence-electron chi connectivity index (χ2n) is 3.69. The van der Waals surface area contributed by atoms with E-state index in [1.807, 2.05) is 30.5 Å². The third kappa shape index (κ3) is 1.31. The molecule has 0 bridgehead atoms. The van der Waals surface area contributed by atoms with Crippen molar-refractivity contribution in [2.24, 2.45) is 0 Å². The Bertz CT molecular complexity index is 644. The van der Waals surface area contributed by atoms with E-state index in [-0.39, 0.29) is 0 Å². The van der Waals surface area contributed by atoms with Gasteiger partial charge in [0.25, 0.3) is 0 Å². The largest absolute Gasteiger partial charge is 0.399 e. The predicted molar refractivity (Wildman–Crippen MR) is 61.5 cm³/mol. The van der Waals surface area contributed by atoms with Crippen molar-refractivity contribution in [1.82, 2.24) is 0 Å². The first-order valence-electron chi connectivity index (χ1n) is 4.92. The Balaban J connectivity index is 2.47. The van der Waals surface area contributed by atoms with Gasteiger partial charge in [-0.2, -0.15) is 4.40 Å². The maximum absolute atomic E-state index is 5.76. The van der Waals surface area contributed by atoms with Gasteiger partial charge in [0.2, 0.25) is 5.52 Å². The number of hydrogen-bond acceptors (Lipinski definition) is 1. The SMILES string of the molecule is Nc1ccc2cc3cccc[n+]3cc2c1. The summed E-state index contributed by atoms with van der Waals surface area (Å²) in [7, 11) is 0. The van der Waals surface area contributed by atoms with Crippen LogP contribution in [0.15, 0.2) is 54.9 Å². The van der Waals surface area contributed by atoms with Gasteiger partial charge in [0.05, 0.1) is 0 Å². The highest BCUT2D eigenvalue weighted by Crippen LogP contribution is 2.16. The molecule has 2 aromatic heterocycles. The van der Waals surface area contributed by atoms with E-state index in [4.69, 9.17) is 5.73 Å². The third-order valence-electron chi connectivity index (χ3n) is 2.62. The number of pyridine rings is 2. The molecule has 3 rings (SSSR count). The number of nitrogens with zero attached hydrogens (tertiary/aromatic N) is 1. The van der Waals surface area contributed by atoms with E-state index in [2.05, 4.69) is 28.8 Å². The zero-order valence-electron chi connectivity index (χ0n) is 8.22. The van der Waals surface area contributed by atoms with Crippen molar-refractivity contribution in [2.75, 3.05) is 5.73 Å². The number of benzene rings is 1. The first kappa shape index (κ1) is 8.24. The third-order valence-corrected chi connectivity index (χ3v) is 2.62. The summed E-state index contributed by atoms with van der Waals surface area (Å²) in [5, 5.41) is 2.38. The summed E-state index contributed by atoms with van der Waals surface area (Å²) in [6.07, 6.45) is 4.14. The summed E-state index contributed by atoms with van der Waals surface area (Å²) < 4.78 is 2.10. The number of anilines is 1. The van der Waals surface area contributed by atoms with Crippen molar-refractivity contribution in [1.29, 1.82) is 0 Å². The number of hydrogen-bond donors (Lipinski definition) is 1. The Labute approximate surface area is 87.6 Å². The van der Waals surface area contributed by atoms with Gasteiger partial charge >= 0.3 is 0 Å². The monoisotopic (exact) mass is 195 g/mol. The quantitative estimate of drug-likeness (QED) is 0.332. The zero-order valence-corrected chi connectivity index (χ0v) is 8.22. The Kier molecular flexibility index (Phi) is 1.62. The Morgan fingerprint density at radius 2 is 1.87 bits per heavy atom. The van der Waals surface area contributed by atoms with Gasteiger partial charge < -0.3 is 5.73 Å². The highest BCUT2D eigenvalue weighted by molar-refractivity contribution is 5.86. The first-order valence-corrected chi connectivity index (χ1v) is 4.92. The summed E-state index contributed by atoms with van der Waals surface area (Å²) in [6, 6.07) is 14.3. The lowest BCUT2D eigenvalue weighted by atomic mass is 10.1. The second-order valence-corrected chi connectivity index (χ2v) is 3.69. The van der Waals surface area contributed by atoms with Crippen LogP contribution in [0.5, 0.6) is 0 Å². The van der Waals surface area contributed by atoms with Crippen molar-refractivity contribution >= 4 is 22.0 Å². The fraction of sp³-hybridized carbons (Fsp3) is 0. The normalized spacial score (nSPS) is 10.9. The number of nitrogen functional groups attached to an aromatic ring is 1. The van der Waals surface area contributed by atoms with Crippen LogP contribution in [-0.2, 0) is 0 Å². The number of fused-ring (bicyclic) bond motifs is 2. The molecule has 0 amide bonds. The van der Waals surface area contributed by atoms with E-state index in [9.17, 15) is 0 Å². The molecule has 2 N–H and O–H groups in total. The van der Waals surface area contributed by atoms with Gasteiger partial charge in [-0.1, -0.05) is 6.07 Å². The number of aromatic nitrogens is 1. The fourth-order valence-electron chi connectivity index (χ4n) is 1.85. The molecule has 0 saturated heterocycles. The first-order chi connectivity index (χ1) is 7.33. The van der Waals surface area contributed by atoms with E-state index in [0.29, 0.717) is 0 Å². The van der Waals surface area contributed by atoms with Crippen LogP contribution in [0.4, 0.5) is 5.69 Å². The molecule has 0 saturated carbocycles. The van der Waals surface area contributed by atoms with Crippen LogP contribution in [-0.4, -0.2) is 0 Å². The lowest BCUT2D eigenvalue weighted by molar-refractivity contribution is -0.510. The smallest absolute Gasteiger partial charge is 0.211 e. The predicted octanol–water partition coefficient (Wildman–Crippen LogP) is 2.16. The molecule has 72 valence electrons. The van der Waals surface area contributed by atoms with Crippen LogP contribution >= 0.6 is 0 Å². The standard InChI is InChI=1S/C13H11N2/c14-12-5-4-10-8-13-3-1-2-6-15(13)9-11(10)7-12/h1-9H,14H2/q+1. The van der Waals surface area contributed by atoms with Crippen molar-refractivity contribution in [3.63, 3.8) is 0 Å². The Hall–Kier alpha value is -2.09. The van der Waals surface area contributed by atoms with Crippen LogP contribution in [0.25, 0.3) is 16.3 Å². The molecule has 0 aliphatic carbocycles. The minimum Gasteiger partial charge on any atom is -0.399 e. The summed E-state index contributed by atoms with van der Waals surface area (Å²) in [4.78, 5) is 0. The lowest BCUT2D eigenvalue weighted by Crippen LogP contribution is -2.19. The van der Waals surface area contributed by atoms with E-state index < -0.39 is 0 Å². The second kappa shape index (κ2) is 2.95. The van der Waals surface area contributed by atoms with Gasteiger partial charge in [-0.25, -0.2) is 0 Å². The molecule has 0 aliphatic heterocycles. The maximum Gasteiger partial charge on any atom is 0.211 e. The molecule has 1 aromatic carbocycles. The van der Waals surface area contributed by atoms with Crippen molar-refractivity contribution in [3.8, 4) is 0 Å². The average molecular weight is 195 g/mol. The fourth-order valence-corrected chi connectivity index (χ4v) is 1.85. The van der Waals surface area contributed by atoms with Gasteiger partial charge in [0.15, 0.2) is 12.4 Å². The number of nitrogens with two attached hydrogens (primary N) is 1. The maximum atomic E-state index is 5.76. The minimum absolute atomic E-state index is 0.804. The van der Waals surface area contributed by atoms with Crippen molar-refractivity contribution in [3.05, 3.63) is 54.9 Å². The molecule has 2 nitrogen and oxygen atoms in total. The molecule has 0 unspecified atom stereocenters. The van der Waals surface area contributed by atoms with E-state index >= 15 is 0 Å². The van der Waals surface area contributed by atoms with Gasteiger partial charge in [0, 0.05) is 29.3 Å². The zero-order chi connectivity index (χ0) is 10.3. The summed E-state index contributed by atoms with van der Waals surface area (Å²) >= 11 is 0. The minimum atomic E-state index is 0.804. The molecule has 0 spiro atoms. The van der Waals surface area contributed by atoms with E-state index in [0.717, 1.165) is 5.69 Å². The summed E-state index contributed by atoms with van der Waals surface area (Å²) in [5.41, 5.74) is 7.75. The molecule has 2 heteroatoms. The Morgan fingerprint density at radius 3 is 2.80 bits per heavy atom. The van der Waals surface area contributed by atoms with Crippen LogP contribution in [0.2, 0.25) is 0 Å². The molecule has 15 heavy (non-hydrogen) atoms. The average Bonchev–Trinajstić information content (AvgIpc) is 2.26. The summed E-state index contributed by atoms with van der Waals surface area (Å²) in [5.74, 6) is 0. The molecule has 3 aromatic rings. The van der Waals surface area contributed by atoms with Crippen LogP contribution < -0.4 is 10.1 Å². The van der Waals surface area contributed by atoms with Gasteiger partial charge in [-0.3, -0.25) is 0 Å². The van der Waals surface area contributed by atoms with Crippen molar-refractivity contribution < 1.29 is 4.40 Å². The van der Waals surface area contributed by atoms with Gasteiger partial charge in [0.1, 0.15) is 0 Å². The van der Waals surface area contributed by atoms with E-state index in [1.54, 1.807) is 0 Å². The molecular weight excluding hydrogens is 184 g/mol. The highest BCUT2D eigenvalue weighted by Gasteiger charge is 2.03. The molecular formula is C13H11N2+.